The second-order valence-electron chi connectivity index (χ2n) is 5.01. The molecule has 0 bridgehead atoms. The van der Waals surface area contributed by atoms with Gasteiger partial charge in [0.25, 0.3) is 0 Å². The number of aryl methyl sites for hydroxylation is 1. The highest BCUT2D eigenvalue weighted by Gasteiger charge is 2.34. The van der Waals surface area contributed by atoms with E-state index < -0.39 is 12.0 Å². The monoisotopic (exact) mass is 262 g/mol. The van der Waals surface area contributed by atoms with Gasteiger partial charge in [-0.25, -0.2) is 4.79 Å². The third-order valence-electron chi connectivity index (χ3n) is 3.46. The topological polar surface area (TPSA) is 60.9 Å². The lowest BCUT2D eigenvalue weighted by molar-refractivity contribution is -0.154. The smallest absolute Gasteiger partial charge is 0.327 e. The van der Waals surface area contributed by atoms with Gasteiger partial charge in [0.05, 0.1) is 6.54 Å². The molecule has 5 heteroatoms. The van der Waals surface area contributed by atoms with E-state index in [1.807, 2.05) is 36.1 Å². The molecule has 1 atom stereocenters. The van der Waals surface area contributed by atoms with Crippen molar-refractivity contribution in [3.8, 4) is 0 Å². The summed E-state index contributed by atoms with van der Waals surface area (Å²) in [5, 5.41) is 9.13. The third-order valence-corrected chi connectivity index (χ3v) is 3.46. The summed E-state index contributed by atoms with van der Waals surface area (Å²) in [5.74, 6) is -1.10. The molecule has 0 spiro atoms. The van der Waals surface area contributed by atoms with Crippen molar-refractivity contribution >= 4 is 11.9 Å². The number of likely N-dealkylation sites (N-methyl/N-ethyl adjacent to an activating group) is 1. The molecule has 0 radical (unpaired) electrons. The van der Waals surface area contributed by atoms with Crippen LogP contribution in [0.25, 0.3) is 0 Å². The van der Waals surface area contributed by atoms with Crippen molar-refractivity contribution in [2.75, 3.05) is 20.1 Å². The van der Waals surface area contributed by atoms with Gasteiger partial charge in [0, 0.05) is 20.1 Å². The molecule has 1 saturated heterocycles. The van der Waals surface area contributed by atoms with Crippen LogP contribution >= 0.6 is 0 Å². The number of amides is 1. The molecule has 19 heavy (non-hydrogen) atoms. The summed E-state index contributed by atoms with van der Waals surface area (Å²) in [6, 6.07) is 7.29. The van der Waals surface area contributed by atoms with Gasteiger partial charge in [-0.15, -0.1) is 0 Å². The van der Waals surface area contributed by atoms with Crippen LogP contribution in [0.1, 0.15) is 11.1 Å². The zero-order chi connectivity index (χ0) is 14.0. The van der Waals surface area contributed by atoms with Crippen LogP contribution in [0.15, 0.2) is 24.3 Å². The highest BCUT2D eigenvalue weighted by atomic mass is 16.4. The van der Waals surface area contributed by atoms with E-state index in [9.17, 15) is 9.59 Å². The van der Waals surface area contributed by atoms with Crippen molar-refractivity contribution in [2.45, 2.75) is 19.5 Å². The molecule has 0 saturated carbocycles. The van der Waals surface area contributed by atoms with E-state index in [1.165, 1.54) is 10.5 Å². The fourth-order valence-electron chi connectivity index (χ4n) is 2.22. The maximum Gasteiger partial charge on any atom is 0.327 e. The van der Waals surface area contributed by atoms with Crippen molar-refractivity contribution in [2.24, 2.45) is 0 Å². The molecule has 1 aliphatic heterocycles. The molecule has 1 aromatic carbocycles. The van der Waals surface area contributed by atoms with Crippen molar-refractivity contribution in [3.05, 3.63) is 35.4 Å². The summed E-state index contributed by atoms with van der Waals surface area (Å²) in [6.45, 7) is 3.26. The molecule has 0 aliphatic carbocycles. The number of piperazine rings is 1. The summed E-state index contributed by atoms with van der Waals surface area (Å²) in [4.78, 5) is 26.1. The molecule has 1 amide bonds. The Morgan fingerprint density at radius 2 is 2.00 bits per heavy atom. The Bertz CT molecular complexity index is 484. The lowest BCUT2D eigenvalue weighted by atomic mass is 10.1. The van der Waals surface area contributed by atoms with Crippen LogP contribution < -0.4 is 0 Å². The molecule has 1 N–H and O–H groups in total. The average molecular weight is 262 g/mol. The number of nitrogens with zero attached hydrogens (tertiary/aromatic N) is 2. The summed E-state index contributed by atoms with van der Waals surface area (Å²) in [5.41, 5.74) is 2.27. The highest BCUT2D eigenvalue weighted by Crippen LogP contribution is 2.13. The first-order chi connectivity index (χ1) is 8.97. The SMILES string of the molecule is Cc1ccc(CN2CC(=O)N(C)C(C(=O)O)C2)cc1. The van der Waals surface area contributed by atoms with Gasteiger partial charge in [0.15, 0.2) is 0 Å². The number of carboxylic acids is 1. The molecule has 5 nitrogen and oxygen atoms in total. The zero-order valence-electron chi connectivity index (χ0n) is 11.2. The minimum atomic E-state index is -0.954. The van der Waals surface area contributed by atoms with E-state index in [0.29, 0.717) is 13.1 Å². The van der Waals surface area contributed by atoms with E-state index in [1.54, 1.807) is 7.05 Å². The van der Waals surface area contributed by atoms with Crippen LogP contribution in [-0.2, 0) is 16.1 Å². The summed E-state index contributed by atoms with van der Waals surface area (Å²) in [6.07, 6.45) is 0. The van der Waals surface area contributed by atoms with Crippen molar-refractivity contribution < 1.29 is 14.7 Å². The molecule has 102 valence electrons. The quantitative estimate of drug-likeness (QED) is 0.872. The van der Waals surface area contributed by atoms with E-state index in [-0.39, 0.29) is 12.5 Å². The zero-order valence-corrected chi connectivity index (χ0v) is 11.2. The van der Waals surface area contributed by atoms with Crippen LogP contribution in [0, 0.1) is 6.92 Å². The Kier molecular flexibility index (Phi) is 3.85. The Balaban J connectivity index is 2.07. The first-order valence-corrected chi connectivity index (χ1v) is 6.23. The number of carboxylic acid groups (broad SMARTS) is 1. The Labute approximate surface area is 112 Å². The van der Waals surface area contributed by atoms with Gasteiger partial charge in [-0.05, 0) is 12.5 Å². The highest BCUT2D eigenvalue weighted by molar-refractivity contribution is 5.86. The first-order valence-electron chi connectivity index (χ1n) is 6.23. The fraction of sp³-hybridized carbons (Fsp3) is 0.429. The van der Waals surface area contributed by atoms with Crippen molar-refractivity contribution in [1.82, 2.24) is 9.80 Å². The Hall–Kier alpha value is -1.88. The molecule has 1 unspecified atom stereocenters. The van der Waals surface area contributed by atoms with Gasteiger partial charge in [-0.3, -0.25) is 9.69 Å². The Morgan fingerprint density at radius 1 is 1.37 bits per heavy atom. The van der Waals surface area contributed by atoms with E-state index in [2.05, 4.69) is 0 Å². The predicted molar refractivity (Wildman–Crippen MR) is 70.6 cm³/mol. The average Bonchev–Trinajstić information content (AvgIpc) is 2.36. The minimum Gasteiger partial charge on any atom is -0.480 e. The second-order valence-corrected chi connectivity index (χ2v) is 5.01. The summed E-state index contributed by atoms with van der Waals surface area (Å²) < 4.78 is 0. The lowest BCUT2D eigenvalue weighted by Gasteiger charge is -2.36. The second kappa shape index (κ2) is 5.40. The molecule has 0 aromatic heterocycles. The number of carbonyl (C=O) groups is 2. The Morgan fingerprint density at radius 3 is 2.58 bits per heavy atom. The third kappa shape index (κ3) is 3.12. The summed E-state index contributed by atoms with van der Waals surface area (Å²) >= 11 is 0. The van der Waals surface area contributed by atoms with Gasteiger partial charge in [0.2, 0.25) is 5.91 Å². The molecule has 1 aromatic rings. The van der Waals surface area contributed by atoms with Gasteiger partial charge in [0.1, 0.15) is 6.04 Å². The standard InChI is InChI=1S/C14H18N2O3/c1-10-3-5-11(6-4-10)7-16-8-12(14(18)19)15(2)13(17)9-16/h3-6,12H,7-9H2,1-2H3,(H,18,19). The van der Waals surface area contributed by atoms with Crippen LogP contribution in [0.4, 0.5) is 0 Å². The number of rotatable bonds is 3. The molecule has 2 rings (SSSR count). The normalized spacial score (nSPS) is 20.6. The first kappa shape index (κ1) is 13.5. The largest absolute Gasteiger partial charge is 0.480 e. The number of benzene rings is 1. The van der Waals surface area contributed by atoms with Crippen LogP contribution in [0.2, 0.25) is 0 Å². The number of carbonyl (C=O) groups excluding carboxylic acids is 1. The predicted octanol–water partition coefficient (Wildman–Crippen LogP) is 0.722. The van der Waals surface area contributed by atoms with Gasteiger partial charge in [-0.1, -0.05) is 29.8 Å². The number of aliphatic carboxylic acids is 1. The molecular formula is C14H18N2O3. The minimum absolute atomic E-state index is 0.147. The van der Waals surface area contributed by atoms with Gasteiger partial charge < -0.3 is 10.0 Å². The van der Waals surface area contributed by atoms with Crippen LogP contribution in [-0.4, -0.2) is 53.0 Å². The van der Waals surface area contributed by atoms with Gasteiger partial charge in [-0.2, -0.15) is 0 Å². The summed E-state index contributed by atoms with van der Waals surface area (Å²) in [7, 11) is 1.55. The van der Waals surface area contributed by atoms with E-state index in [4.69, 9.17) is 5.11 Å². The molecular weight excluding hydrogens is 244 g/mol. The van der Waals surface area contributed by atoms with Crippen LogP contribution in [0.3, 0.4) is 0 Å². The lowest BCUT2D eigenvalue weighted by Crippen LogP contribution is -2.57. The maximum absolute atomic E-state index is 11.8. The molecule has 1 heterocycles. The molecule has 1 aliphatic rings. The van der Waals surface area contributed by atoms with Gasteiger partial charge >= 0.3 is 5.97 Å². The fourth-order valence-corrected chi connectivity index (χ4v) is 2.22. The number of hydrogen-bond acceptors (Lipinski definition) is 3. The van der Waals surface area contributed by atoms with E-state index >= 15 is 0 Å². The maximum atomic E-state index is 11.8. The van der Waals surface area contributed by atoms with Crippen molar-refractivity contribution in [1.29, 1.82) is 0 Å². The van der Waals surface area contributed by atoms with Crippen molar-refractivity contribution in [3.63, 3.8) is 0 Å². The van der Waals surface area contributed by atoms with E-state index in [0.717, 1.165) is 5.56 Å². The van der Waals surface area contributed by atoms with Crippen LogP contribution in [0.5, 0.6) is 0 Å². The molecule has 1 fully saturated rings. The number of hydrogen-bond donors (Lipinski definition) is 1.